The molecule has 1 N–H and O–H groups in total. The molecule has 834 valence electrons. The van der Waals surface area contributed by atoms with Crippen LogP contribution in [0.1, 0.15) is 388 Å². The lowest BCUT2D eigenvalue weighted by atomic mass is 9.39. The fourth-order valence-electron chi connectivity index (χ4n) is 44.7. The Bertz CT molecular complexity index is 4860. The molecule has 18 saturated carbocycles. The summed E-state index contributed by atoms with van der Waals surface area (Å²) in [5.41, 5.74) is 6.98. The monoisotopic (exact) mass is 2290 g/mol. The van der Waals surface area contributed by atoms with Gasteiger partial charge in [-0.2, -0.15) is 59.7 Å². The van der Waals surface area contributed by atoms with Crippen molar-refractivity contribution < 1.29 is 86.2 Å². The zero-order valence-corrected chi connectivity index (χ0v) is 103. The van der Waals surface area contributed by atoms with Crippen LogP contribution in [0, 0.1) is 189 Å². The minimum Gasteiger partial charge on any atom is -1.00 e. The lowest BCUT2D eigenvalue weighted by Gasteiger charge is -2.66. The third kappa shape index (κ3) is 19.0. The molecular weight excluding hydrogens is 2090 g/mol. The number of hydrogen-bond donors (Lipinski definition) is 2. The molecule has 16 unspecified atom stereocenters. The molecule has 37 atom stereocenters. The number of thiol groups is 1. The van der Waals surface area contributed by atoms with E-state index in [0.29, 0.717) is 125 Å². The van der Waals surface area contributed by atoms with E-state index >= 15 is 0 Å². The summed E-state index contributed by atoms with van der Waals surface area (Å²) in [5, 5.41) is 2.97. The molecule has 14 nitrogen and oxygen atoms in total. The smallest absolute Gasteiger partial charge is 0.172 e. The van der Waals surface area contributed by atoms with Crippen molar-refractivity contribution in [3.05, 3.63) is 23.3 Å². The molecule has 6 heterocycles. The summed E-state index contributed by atoms with van der Waals surface area (Å²) in [6, 6.07) is 0. The van der Waals surface area contributed by atoms with E-state index < -0.39 is 0 Å². The summed E-state index contributed by atoms with van der Waals surface area (Å²) in [7, 11) is 0. The number of alkyl halides is 2. The molecule has 26 rings (SSSR count). The number of halogens is 3. The minimum absolute atomic E-state index is 0. The molecule has 0 aromatic heterocycles. The van der Waals surface area contributed by atoms with Gasteiger partial charge in [0.25, 0.3) is 0 Å². The van der Waals surface area contributed by atoms with Gasteiger partial charge >= 0.3 is 0 Å². The van der Waals surface area contributed by atoms with Crippen LogP contribution in [-0.4, -0.2) is 184 Å². The van der Waals surface area contributed by atoms with Crippen molar-refractivity contribution in [3.8, 4) is 0 Å². The number of rotatable bonds is 14. The molecule has 0 amide bonds. The summed E-state index contributed by atoms with van der Waals surface area (Å²) in [6.07, 6.45) is 52.4. The van der Waals surface area contributed by atoms with E-state index in [4.69, 9.17) is 54.8 Å². The van der Waals surface area contributed by atoms with Gasteiger partial charge < -0.3 is 52.7 Å². The number of ketones is 8. The van der Waals surface area contributed by atoms with Gasteiger partial charge in [-0.05, 0) is 452 Å². The second kappa shape index (κ2) is 45.4. The van der Waals surface area contributed by atoms with Gasteiger partial charge in [-0.15, -0.1) is 23.2 Å². The molecule has 24 fully saturated rings. The number of quaternary nitrogens is 1. The number of hydrogen-bond acceptors (Lipinski definition) is 18. The Labute approximate surface area is 945 Å². The number of carbonyl (C=O) groups excluding carboxylic acids is 8. The third-order valence-corrected chi connectivity index (χ3v) is 59.0. The number of nitrogens with zero attached hydrogens (tertiary/aromatic N) is 1. The Balaban J connectivity index is 0.000000116. The van der Waals surface area contributed by atoms with Crippen LogP contribution in [0.4, 0.5) is 0 Å². The van der Waals surface area contributed by atoms with Crippen LogP contribution in [0.3, 0.4) is 0 Å². The second-order valence-corrected chi connectivity index (χ2v) is 61.2. The molecule has 0 aromatic carbocycles. The number of allylic oxidation sites excluding steroid dienone is 1. The van der Waals surface area contributed by atoms with Gasteiger partial charge in [0.05, 0.1) is 51.4 Å². The first kappa shape index (κ1) is 117. The highest BCUT2D eigenvalue weighted by molar-refractivity contribution is 8.01. The lowest BCUT2D eigenvalue weighted by Crippen LogP contribution is -3.11. The molecule has 6 saturated heterocycles. The average Bonchev–Trinajstić information content (AvgIpc) is 1.46. The fraction of sp³-hybridized carbons (Fsp3) is 0.905. The molecule has 20 aliphatic carbocycles. The van der Waals surface area contributed by atoms with Gasteiger partial charge in [0, 0.05) is 136 Å². The van der Waals surface area contributed by atoms with E-state index in [9.17, 15) is 38.4 Å². The lowest BCUT2D eigenvalue weighted by molar-refractivity contribution is -0.894. The normalized spacial score (nSPS) is 47.8. The molecule has 8 bridgehead atoms. The van der Waals surface area contributed by atoms with Crippen LogP contribution in [-0.2, 0) is 57.3 Å². The summed E-state index contributed by atoms with van der Waals surface area (Å²) >= 11 is 23.3. The Morgan fingerprint density at radius 3 is 1.30 bits per heavy atom. The van der Waals surface area contributed by atoms with E-state index in [1.165, 1.54) is 222 Å². The van der Waals surface area contributed by atoms with Gasteiger partial charge in [0.1, 0.15) is 40.5 Å². The SMILES string of the molecule is CC(=O)C1CCC2C3C[C@H]4SC[C@@]5(CCC(=O)C[C@H]45)C3CC[C@]12C.CC(=O)[C@H]1CCC2C3CC=C4CC5(CC[C@]4(CS)C3CC[C@@]21C)OCCO5.CC(=O)[C@H]1CCC2C3C[C@H]4SC[C@@]5(CCC(=O)C=C45)C3CC[C@@]21C.CCN(CC)CC.CC[C@]12CC(=O)CC[C@@]13CS[C@@H]2CC1C3CC[C@@]2(C)C1CC[C@@H]2C(C)=O.CC[C@]12CC3(CC[C@@]14CS[C@@H]2CC1C4CC[C@@]2(C)C1CC[C@@H]2C(C)=O)OCCO3.CC[NH+](CC)CC.ClCCl.[I-]. The molecule has 26 aliphatic rings. The quantitative estimate of drug-likeness (QED) is 0.0725. The number of fused-ring (bicyclic) bond motifs is 17. The van der Waals surface area contributed by atoms with Crippen molar-refractivity contribution in [2.75, 3.05) is 99.8 Å². The summed E-state index contributed by atoms with van der Waals surface area (Å²) in [4.78, 5) is 102. The minimum atomic E-state index is -0.346. The number of Topliss-reactive ketones (excluding diaryl/α,β-unsaturated/α-hetero) is 7. The largest absolute Gasteiger partial charge is 1.00 e. The first-order valence-electron chi connectivity index (χ1n) is 61.0. The highest BCUT2D eigenvalue weighted by Crippen LogP contribution is 2.82. The molecule has 0 aromatic rings. The van der Waals surface area contributed by atoms with Crippen LogP contribution < -0.4 is 28.9 Å². The Kier molecular flexibility index (Phi) is 36.0. The Morgan fingerprint density at radius 1 is 0.419 bits per heavy atom. The number of ether oxygens (including phenoxy) is 4. The van der Waals surface area contributed by atoms with Gasteiger partial charge in [-0.25, -0.2) is 0 Å². The van der Waals surface area contributed by atoms with Crippen molar-refractivity contribution in [2.24, 2.45) is 189 Å². The third-order valence-electron chi connectivity index (χ3n) is 51.7. The van der Waals surface area contributed by atoms with Crippen molar-refractivity contribution in [1.82, 2.24) is 4.90 Å². The van der Waals surface area contributed by atoms with Gasteiger partial charge in [-0.1, -0.05) is 80.9 Å². The first-order chi connectivity index (χ1) is 70.2. The van der Waals surface area contributed by atoms with Gasteiger partial charge in [0.15, 0.2) is 17.4 Å². The van der Waals surface area contributed by atoms with Crippen molar-refractivity contribution in [3.63, 3.8) is 0 Å². The molecule has 6 aliphatic heterocycles. The molecular formula is C126H197Cl2IN2O12S5. The predicted octanol–water partition coefficient (Wildman–Crippen LogP) is 24.2. The Morgan fingerprint density at radius 2 is 0.845 bits per heavy atom. The standard InChI is InChI=1S/C25H38O3S.C23H34O3S.C23H34O2S.C21H30O2S.C21H28O2S.2C6H15N.CH2Cl2.HI/c1-4-23-14-25(27-11-12-28-25)10-9-24(23)15-29-21(23)13-17-19-6-5-18(16(2)26)22(19,3)8-7-20(17)24;1-15(24)18-5-6-19-17-4-3-16-13-23(25-11-12-26-23)10-9-22(16,14-27)20(17)7-8-21(18,19)2;1-4-22-12-15(25)7-10-23(22)13-26-20(22)11-16-18-6-5-17(14(2)24)21(18,3)9-8-19(16)23;2*1-12(22)15-3-4-16-14-10-19-18-9-13(23)5-8-21(18,11-24-19)17(14)6-7-20(15,16)2;2*1-4-7(5-2)6-3;2-1-3;/h17-21H,4-15H2,1-3H3;3,17-20,27H,4-14H2,1-2H3;16-20H,4-13H2,1-3H3;14-19H,3-11H2,1-2H3;9,14-17,19H,3-8,10-11H2,1-2H3;2*4-6H2,1-3H3;1H2;1H/t17?,18-,19?,20?,21-,22-,23-,24+;17?,18-,19?,20?,21-,22-;16?,17-,18?,19?,20-,21-,22-,23+;14?,15?,16?,17?,18-,19-,20-,21+;14?,15-,16?,17?,19-,20-,21+;;;;/m11111..../s1. The number of carbonyl (C=O) groups is 8. The predicted molar refractivity (Wildman–Crippen MR) is 607 cm³/mol. The maximum atomic E-state index is 12.5. The Hall–Kier alpha value is -0.340. The van der Waals surface area contributed by atoms with Crippen LogP contribution in [0.2, 0.25) is 0 Å². The van der Waals surface area contributed by atoms with Gasteiger partial charge in [-0.3, -0.25) is 38.4 Å². The number of nitrogens with one attached hydrogen (secondary N) is 1. The summed E-state index contributed by atoms with van der Waals surface area (Å²) in [5.74, 6) is 23.1. The van der Waals surface area contributed by atoms with Crippen molar-refractivity contribution >= 4 is 129 Å². The van der Waals surface area contributed by atoms with E-state index in [1.807, 2.05) is 40.7 Å². The van der Waals surface area contributed by atoms with Crippen molar-refractivity contribution in [1.29, 1.82) is 0 Å². The maximum absolute atomic E-state index is 12.5. The first-order valence-corrected chi connectivity index (χ1v) is 66.9. The molecule has 2 spiro atoms. The van der Waals surface area contributed by atoms with E-state index in [2.05, 4.69) is 148 Å². The second-order valence-electron chi connectivity index (χ2n) is 55.2. The molecule has 22 heteroatoms. The van der Waals surface area contributed by atoms with Crippen LogP contribution in [0.15, 0.2) is 23.3 Å². The highest BCUT2D eigenvalue weighted by atomic mass is 127. The van der Waals surface area contributed by atoms with Crippen LogP contribution >= 0.6 is 82.9 Å². The van der Waals surface area contributed by atoms with Crippen LogP contribution in [0.25, 0.3) is 0 Å². The number of thioether (sulfide) groups is 4. The molecule has 0 radical (unpaired) electrons. The van der Waals surface area contributed by atoms with E-state index in [0.717, 1.165) is 235 Å². The van der Waals surface area contributed by atoms with Crippen LogP contribution in [0.5, 0.6) is 0 Å². The average molecular weight is 2290 g/mol. The maximum Gasteiger partial charge on any atom is 0.172 e. The van der Waals surface area contributed by atoms with E-state index in [-0.39, 0.29) is 79.3 Å². The summed E-state index contributed by atoms with van der Waals surface area (Å²) < 4.78 is 24.7. The zero-order valence-electron chi connectivity index (χ0n) is 95.0. The van der Waals surface area contributed by atoms with E-state index in [1.54, 1.807) is 10.5 Å². The highest BCUT2D eigenvalue weighted by Gasteiger charge is 2.77. The topological polar surface area (TPSA) is 181 Å². The fourth-order valence-corrected chi connectivity index (χ4v) is 53.9. The summed E-state index contributed by atoms with van der Waals surface area (Å²) in [6.45, 7) is 49.8. The zero-order chi connectivity index (χ0) is 105. The molecule has 148 heavy (non-hydrogen) atoms. The van der Waals surface area contributed by atoms with Gasteiger partial charge in [0.2, 0.25) is 0 Å². The van der Waals surface area contributed by atoms with Crippen molar-refractivity contribution in [2.45, 2.75) is 420 Å².